The molecule has 0 saturated carbocycles. The van der Waals surface area contributed by atoms with Gasteiger partial charge in [-0.25, -0.2) is 4.39 Å². The topological polar surface area (TPSA) is 49.4 Å². The Morgan fingerprint density at radius 2 is 1.54 bits per heavy atom. The molecule has 2 aromatic rings. The van der Waals surface area contributed by atoms with Crippen LogP contribution >= 0.6 is 0 Å². The van der Waals surface area contributed by atoms with Crippen LogP contribution < -0.4 is 5.32 Å². The minimum atomic E-state index is -0.377. The standard InChI is InChI=1S/C19H17FN2O2/c1-12(2)22-18(23)16(13-6-4-3-5-7-13)17(19(22)24)21-15-10-8-14(20)9-11-15/h3-12,21H,1-2H3. The molecule has 0 saturated heterocycles. The minimum absolute atomic E-state index is 0.214. The smallest absolute Gasteiger partial charge is 0.278 e. The second-order valence-corrected chi connectivity index (χ2v) is 5.82. The molecule has 5 heteroatoms. The molecule has 1 aliphatic heterocycles. The number of carbonyl (C=O) groups is 2. The molecule has 2 aromatic carbocycles. The monoisotopic (exact) mass is 324 g/mol. The van der Waals surface area contributed by atoms with Gasteiger partial charge in [0.15, 0.2) is 0 Å². The van der Waals surface area contributed by atoms with Gasteiger partial charge in [0.2, 0.25) is 0 Å². The number of rotatable bonds is 4. The summed E-state index contributed by atoms with van der Waals surface area (Å²) in [4.78, 5) is 26.7. The van der Waals surface area contributed by atoms with Crippen molar-refractivity contribution in [3.63, 3.8) is 0 Å². The highest BCUT2D eigenvalue weighted by Gasteiger charge is 2.40. The van der Waals surface area contributed by atoms with E-state index in [4.69, 9.17) is 0 Å². The molecule has 2 amide bonds. The maximum absolute atomic E-state index is 13.1. The maximum atomic E-state index is 13.1. The predicted octanol–water partition coefficient (Wildman–Crippen LogP) is 3.43. The van der Waals surface area contributed by atoms with Crippen LogP contribution in [0.4, 0.5) is 10.1 Å². The molecule has 0 aromatic heterocycles. The van der Waals surface area contributed by atoms with Crippen molar-refractivity contribution in [2.75, 3.05) is 5.32 Å². The lowest BCUT2D eigenvalue weighted by Crippen LogP contribution is -2.38. The average Bonchev–Trinajstić information content (AvgIpc) is 2.81. The van der Waals surface area contributed by atoms with E-state index in [0.717, 1.165) is 0 Å². The normalized spacial score (nSPS) is 14.8. The molecule has 3 rings (SSSR count). The van der Waals surface area contributed by atoms with Crippen LogP contribution in [0.25, 0.3) is 5.57 Å². The fourth-order valence-electron chi connectivity index (χ4n) is 2.68. The highest BCUT2D eigenvalue weighted by Crippen LogP contribution is 2.31. The molecule has 24 heavy (non-hydrogen) atoms. The van der Waals surface area contributed by atoms with Crippen molar-refractivity contribution in [2.24, 2.45) is 0 Å². The SMILES string of the molecule is CC(C)N1C(=O)C(Nc2ccc(F)cc2)=C(c2ccccc2)C1=O. The van der Waals surface area contributed by atoms with Gasteiger partial charge in [0, 0.05) is 11.7 Å². The van der Waals surface area contributed by atoms with Gasteiger partial charge in [-0.05, 0) is 43.7 Å². The zero-order valence-electron chi connectivity index (χ0n) is 13.4. The van der Waals surface area contributed by atoms with Crippen molar-refractivity contribution in [3.05, 3.63) is 71.7 Å². The molecule has 1 heterocycles. The van der Waals surface area contributed by atoms with Gasteiger partial charge in [-0.3, -0.25) is 14.5 Å². The van der Waals surface area contributed by atoms with Gasteiger partial charge < -0.3 is 5.32 Å². The Labute approximate surface area is 139 Å². The number of hydrogen-bond donors (Lipinski definition) is 1. The van der Waals surface area contributed by atoms with Crippen LogP contribution in [0.2, 0.25) is 0 Å². The predicted molar refractivity (Wildman–Crippen MR) is 90.4 cm³/mol. The second-order valence-electron chi connectivity index (χ2n) is 5.82. The number of nitrogens with one attached hydrogen (secondary N) is 1. The minimum Gasteiger partial charge on any atom is -0.350 e. The van der Waals surface area contributed by atoms with Crippen molar-refractivity contribution in [3.8, 4) is 0 Å². The van der Waals surface area contributed by atoms with Crippen LogP contribution in [0.15, 0.2) is 60.3 Å². The highest BCUT2D eigenvalue weighted by atomic mass is 19.1. The lowest BCUT2D eigenvalue weighted by molar-refractivity contribution is -0.138. The van der Waals surface area contributed by atoms with E-state index in [0.29, 0.717) is 16.8 Å². The molecule has 1 N–H and O–H groups in total. The van der Waals surface area contributed by atoms with E-state index in [1.54, 1.807) is 26.0 Å². The first-order chi connectivity index (χ1) is 11.5. The first kappa shape index (κ1) is 15.9. The van der Waals surface area contributed by atoms with Crippen molar-refractivity contribution in [2.45, 2.75) is 19.9 Å². The van der Waals surface area contributed by atoms with E-state index >= 15 is 0 Å². The molecule has 0 bridgehead atoms. The number of carbonyl (C=O) groups excluding carboxylic acids is 2. The van der Waals surface area contributed by atoms with Crippen molar-refractivity contribution in [1.82, 2.24) is 4.90 Å². The molecule has 0 aliphatic carbocycles. The third kappa shape index (κ3) is 2.80. The van der Waals surface area contributed by atoms with Crippen LogP contribution in [-0.4, -0.2) is 22.8 Å². The summed E-state index contributed by atoms with van der Waals surface area (Å²) < 4.78 is 13.1. The fraction of sp³-hybridized carbons (Fsp3) is 0.158. The molecule has 0 unspecified atom stereocenters. The Morgan fingerprint density at radius 1 is 0.917 bits per heavy atom. The number of halogens is 1. The second kappa shape index (κ2) is 6.28. The van der Waals surface area contributed by atoms with Gasteiger partial charge in [0.1, 0.15) is 11.5 Å². The van der Waals surface area contributed by atoms with Crippen LogP contribution in [0.1, 0.15) is 19.4 Å². The summed E-state index contributed by atoms with van der Waals surface area (Å²) >= 11 is 0. The van der Waals surface area contributed by atoms with Crippen LogP contribution in [0, 0.1) is 5.82 Å². The Kier molecular flexibility index (Phi) is 4.16. The molecule has 0 atom stereocenters. The third-order valence-electron chi connectivity index (χ3n) is 3.81. The summed E-state index contributed by atoms with van der Waals surface area (Å²) in [7, 11) is 0. The summed E-state index contributed by atoms with van der Waals surface area (Å²) in [5, 5.41) is 2.98. The van der Waals surface area contributed by atoms with Gasteiger partial charge >= 0.3 is 0 Å². The van der Waals surface area contributed by atoms with Gasteiger partial charge in [-0.1, -0.05) is 30.3 Å². The number of hydrogen-bond acceptors (Lipinski definition) is 3. The number of imide groups is 1. The van der Waals surface area contributed by atoms with Crippen LogP contribution in [-0.2, 0) is 9.59 Å². The first-order valence-corrected chi connectivity index (χ1v) is 7.69. The van der Waals surface area contributed by atoms with Gasteiger partial charge in [0.05, 0.1) is 5.57 Å². The molecule has 0 spiro atoms. The zero-order valence-corrected chi connectivity index (χ0v) is 13.4. The van der Waals surface area contributed by atoms with E-state index in [9.17, 15) is 14.0 Å². The molecule has 4 nitrogen and oxygen atoms in total. The fourth-order valence-corrected chi connectivity index (χ4v) is 2.68. The van der Waals surface area contributed by atoms with Crippen LogP contribution in [0.5, 0.6) is 0 Å². The summed E-state index contributed by atoms with van der Waals surface area (Å²) in [6, 6.07) is 14.4. The molecule has 0 radical (unpaired) electrons. The summed E-state index contributed by atoms with van der Waals surface area (Å²) in [5.41, 5.74) is 1.76. The molecular formula is C19H17FN2O2. The summed E-state index contributed by atoms with van der Waals surface area (Å²) in [6.45, 7) is 3.58. The van der Waals surface area contributed by atoms with Gasteiger partial charge in [0.25, 0.3) is 11.8 Å². The Morgan fingerprint density at radius 3 is 2.12 bits per heavy atom. The zero-order chi connectivity index (χ0) is 17.3. The molecule has 0 fully saturated rings. The Hall–Kier alpha value is -2.95. The average molecular weight is 324 g/mol. The molecule has 122 valence electrons. The van der Waals surface area contributed by atoms with Crippen molar-refractivity contribution in [1.29, 1.82) is 0 Å². The largest absolute Gasteiger partial charge is 0.350 e. The lowest BCUT2D eigenvalue weighted by Gasteiger charge is -2.19. The Bertz CT molecular complexity index is 811. The van der Waals surface area contributed by atoms with E-state index < -0.39 is 0 Å². The maximum Gasteiger partial charge on any atom is 0.278 e. The van der Waals surface area contributed by atoms with E-state index in [2.05, 4.69) is 5.32 Å². The number of nitrogens with zero attached hydrogens (tertiary/aromatic N) is 1. The molecule has 1 aliphatic rings. The lowest BCUT2D eigenvalue weighted by atomic mass is 10.0. The Balaban J connectivity index is 2.08. The quantitative estimate of drug-likeness (QED) is 0.877. The van der Waals surface area contributed by atoms with Crippen molar-refractivity contribution < 1.29 is 14.0 Å². The van der Waals surface area contributed by atoms with Crippen molar-refractivity contribution >= 4 is 23.1 Å². The van der Waals surface area contributed by atoms with Gasteiger partial charge in [-0.15, -0.1) is 0 Å². The molecular weight excluding hydrogens is 307 g/mol. The number of amides is 2. The van der Waals surface area contributed by atoms with Crippen LogP contribution in [0.3, 0.4) is 0 Å². The first-order valence-electron chi connectivity index (χ1n) is 7.69. The number of anilines is 1. The third-order valence-corrected chi connectivity index (χ3v) is 3.81. The summed E-state index contributed by atoms with van der Waals surface area (Å²) in [6.07, 6.45) is 0. The van der Waals surface area contributed by atoms with E-state index in [1.807, 2.05) is 18.2 Å². The van der Waals surface area contributed by atoms with E-state index in [1.165, 1.54) is 29.2 Å². The number of benzene rings is 2. The van der Waals surface area contributed by atoms with E-state index in [-0.39, 0.29) is 29.4 Å². The highest BCUT2D eigenvalue weighted by molar-refractivity contribution is 6.36. The summed E-state index contributed by atoms with van der Waals surface area (Å²) in [5.74, 6) is -1.07. The van der Waals surface area contributed by atoms with Gasteiger partial charge in [-0.2, -0.15) is 0 Å².